The highest BCUT2D eigenvalue weighted by atomic mass is 16.5. The van der Waals surface area contributed by atoms with E-state index in [9.17, 15) is 9.59 Å². The Labute approximate surface area is 159 Å². The topological polar surface area (TPSA) is 76.7 Å². The van der Waals surface area contributed by atoms with Gasteiger partial charge in [-0.3, -0.25) is 9.59 Å². The van der Waals surface area contributed by atoms with Crippen molar-refractivity contribution in [3.05, 3.63) is 59.7 Å². The summed E-state index contributed by atoms with van der Waals surface area (Å²) >= 11 is 0. The second-order valence-electron chi connectivity index (χ2n) is 5.97. The van der Waals surface area contributed by atoms with Gasteiger partial charge in [-0.25, -0.2) is 0 Å². The molecule has 27 heavy (non-hydrogen) atoms. The number of hydrogen-bond acceptors (Lipinski definition) is 4. The number of para-hydroxylation sites is 1. The zero-order valence-electron chi connectivity index (χ0n) is 15.8. The molecule has 0 unspecified atom stereocenters. The minimum Gasteiger partial charge on any atom is -0.497 e. The van der Waals surface area contributed by atoms with Crippen molar-refractivity contribution in [2.75, 3.05) is 26.8 Å². The first-order chi connectivity index (χ1) is 13.1. The highest BCUT2D eigenvalue weighted by Gasteiger charge is 2.06. The van der Waals surface area contributed by atoms with Crippen LogP contribution in [-0.2, 0) is 22.4 Å². The summed E-state index contributed by atoms with van der Waals surface area (Å²) in [6.07, 6.45) is 1.13. The predicted octanol–water partition coefficient (Wildman–Crippen LogP) is 2.11. The molecule has 0 saturated carbocycles. The standard InChI is InChI=1S/C21H26N2O4/c1-3-17-6-4-5-7-19(17)27-15-21(25)23-13-12-22-20(24)14-16-8-10-18(26-2)11-9-16/h4-11H,3,12-15H2,1-2H3,(H,22,24)(H,23,25). The summed E-state index contributed by atoms with van der Waals surface area (Å²) in [7, 11) is 1.60. The van der Waals surface area contributed by atoms with E-state index in [1.165, 1.54) is 0 Å². The lowest BCUT2D eigenvalue weighted by atomic mass is 10.1. The Morgan fingerprint density at radius 1 is 0.926 bits per heavy atom. The van der Waals surface area contributed by atoms with E-state index in [1.807, 2.05) is 55.5 Å². The molecule has 0 heterocycles. The fraction of sp³-hybridized carbons (Fsp3) is 0.333. The first-order valence-electron chi connectivity index (χ1n) is 8.99. The predicted molar refractivity (Wildman–Crippen MR) is 104 cm³/mol. The van der Waals surface area contributed by atoms with Crippen molar-refractivity contribution in [3.63, 3.8) is 0 Å². The lowest BCUT2D eigenvalue weighted by Crippen LogP contribution is -2.37. The van der Waals surface area contributed by atoms with Gasteiger partial charge in [-0.05, 0) is 35.7 Å². The lowest BCUT2D eigenvalue weighted by molar-refractivity contribution is -0.124. The Morgan fingerprint density at radius 3 is 2.26 bits per heavy atom. The van der Waals surface area contributed by atoms with E-state index in [1.54, 1.807) is 7.11 Å². The highest BCUT2D eigenvalue weighted by molar-refractivity contribution is 5.79. The first-order valence-corrected chi connectivity index (χ1v) is 8.99. The monoisotopic (exact) mass is 370 g/mol. The van der Waals surface area contributed by atoms with Gasteiger partial charge in [0.1, 0.15) is 11.5 Å². The van der Waals surface area contributed by atoms with Crippen LogP contribution in [0.4, 0.5) is 0 Å². The van der Waals surface area contributed by atoms with Gasteiger partial charge in [-0.1, -0.05) is 37.3 Å². The van der Waals surface area contributed by atoms with E-state index < -0.39 is 0 Å². The van der Waals surface area contributed by atoms with Crippen molar-refractivity contribution in [2.45, 2.75) is 19.8 Å². The molecule has 0 spiro atoms. The number of carbonyl (C=O) groups excluding carboxylic acids is 2. The number of nitrogens with one attached hydrogen (secondary N) is 2. The Balaban J connectivity index is 1.62. The molecule has 0 aromatic heterocycles. The van der Waals surface area contributed by atoms with E-state index in [2.05, 4.69) is 10.6 Å². The molecule has 2 aromatic rings. The molecule has 0 aliphatic carbocycles. The first kappa shape index (κ1) is 20.3. The molecule has 0 aliphatic heterocycles. The van der Waals surface area contributed by atoms with Crippen LogP contribution in [0.2, 0.25) is 0 Å². The number of ether oxygens (including phenoxy) is 2. The third-order valence-electron chi connectivity index (χ3n) is 4.01. The number of hydrogen-bond donors (Lipinski definition) is 2. The summed E-state index contributed by atoms with van der Waals surface area (Å²) in [5, 5.41) is 5.51. The van der Waals surface area contributed by atoms with E-state index in [-0.39, 0.29) is 24.8 Å². The SMILES string of the molecule is CCc1ccccc1OCC(=O)NCCNC(=O)Cc1ccc(OC)cc1. The van der Waals surface area contributed by atoms with Crippen LogP contribution in [0.1, 0.15) is 18.1 Å². The molecule has 0 radical (unpaired) electrons. The maximum absolute atomic E-state index is 11.9. The Morgan fingerprint density at radius 2 is 1.59 bits per heavy atom. The van der Waals surface area contributed by atoms with Crippen molar-refractivity contribution < 1.29 is 19.1 Å². The van der Waals surface area contributed by atoms with E-state index >= 15 is 0 Å². The molecule has 0 fully saturated rings. The summed E-state index contributed by atoms with van der Waals surface area (Å²) in [6.45, 7) is 2.71. The zero-order chi connectivity index (χ0) is 19.5. The summed E-state index contributed by atoms with van der Waals surface area (Å²) in [4.78, 5) is 23.8. The van der Waals surface area contributed by atoms with Crippen molar-refractivity contribution in [3.8, 4) is 11.5 Å². The minimum atomic E-state index is -0.217. The zero-order valence-corrected chi connectivity index (χ0v) is 15.8. The maximum Gasteiger partial charge on any atom is 0.258 e. The number of methoxy groups -OCH3 is 1. The van der Waals surface area contributed by atoms with Crippen molar-refractivity contribution in [1.29, 1.82) is 0 Å². The van der Waals surface area contributed by atoms with Crippen molar-refractivity contribution >= 4 is 11.8 Å². The summed E-state index contributed by atoms with van der Waals surface area (Å²) in [6, 6.07) is 15.0. The molecule has 0 aliphatic rings. The summed E-state index contributed by atoms with van der Waals surface area (Å²) < 4.78 is 10.6. The van der Waals surface area contributed by atoms with Crippen LogP contribution < -0.4 is 20.1 Å². The molecule has 2 N–H and O–H groups in total. The van der Waals surface area contributed by atoms with Gasteiger partial charge in [0.25, 0.3) is 5.91 Å². The molecular weight excluding hydrogens is 344 g/mol. The molecular formula is C21H26N2O4. The molecule has 144 valence electrons. The second kappa shape index (κ2) is 10.9. The Hall–Kier alpha value is -3.02. The van der Waals surface area contributed by atoms with Crippen molar-refractivity contribution in [1.82, 2.24) is 10.6 Å². The van der Waals surface area contributed by atoms with Gasteiger partial charge in [0.2, 0.25) is 5.91 Å². The molecule has 2 amide bonds. The molecule has 2 aromatic carbocycles. The molecule has 0 atom stereocenters. The van der Waals surface area contributed by atoms with Crippen LogP contribution in [0, 0.1) is 0 Å². The van der Waals surface area contributed by atoms with Gasteiger partial charge in [-0.15, -0.1) is 0 Å². The van der Waals surface area contributed by atoms with Crippen LogP contribution in [0.3, 0.4) is 0 Å². The Bertz CT molecular complexity index is 744. The molecule has 0 saturated heterocycles. The number of rotatable bonds is 10. The van der Waals surface area contributed by atoms with E-state index in [4.69, 9.17) is 9.47 Å². The van der Waals surface area contributed by atoms with Crippen LogP contribution in [0.5, 0.6) is 11.5 Å². The Kier molecular flexibility index (Phi) is 8.16. The van der Waals surface area contributed by atoms with Gasteiger partial charge in [-0.2, -0.15) is 0 Å². The third-order valence-corrected chi connectivity index (χ3v) is 4.01. The number of carbonyl (C=O) groups is 2. The molecule has 6 nitrogen and oxygen atoms in total. The van der Waals surface area contributed by atoms with Gasteiger partial charge in [0, 0.05) is 13.1 Å². The average Bonchev–Trinajstić information content (AvgIpc) is 2.70. The highest BCUT2D eigenvalue weighted by Crippen LogP contribution is 2.17. The minimum absolute atomic E-state index is 0.0448. The normalized spacial score (nSPS) is 10.1. The average molecular weight is 370 g/mol. The third kappa shape index (κ3) is 7.01. The summed E-state index contributed by atoms with van der Waals surface area (Å²) in [5.41, 5.74) is 1.97. The number of aryl methyl sites for hydroxylation is 1. The number of amides is 2. The quantitative estimate of drug-likeness (QED) is 0.628. The van der Waals surface area contributed by atoms with Gasteiger partial charge < -0.3 is 20.1 Å². The van der Waals surface area contributed by atoms with Crippen LogP contribution in [0.25, 0.3) is 0 Å². The maximum atomic E-state index is 11.9. The van der Waals surface area contributed by atoms with Gasteiger partial charge >= 0.3 is 0 Å². The molecule has 0 bridgehead atoms. The summed E-state index contributed by atoms with van der Waals surface area (Å²) in [5.74, 6) is 1.17. The fourth-order valence-electron chi connectivity index (χ4n) is 2.53. The van der Waals surface area contributed by atoms with Gasteiger partial charge in [0.15, 0.2) is 6.61 Å². The number of benzene rings is 2. The fourth-order valence-corrected chi connectivity index (χ4v) is 2.53. The van der Waals surface area contributed by atoms with Crippen LogP contribution in [0.15, 0.2) is 48.5 Å². The largest absolute Gasteiger partial charge is 0.497 e. The molecule has 6 heteroatoms. The van der Waals surface area contributed by atoms with E-state index in [0.29, 0.717) is 13.1 Å². The van der Waals surface area contributed by atoms with Crippen LogP contribution >= 0.6 is 0 Å². The lowest BCUT2D eigenvalue weighted by Gasteiger charge is -2.11. The van der Waals surface area contributed by atoms with E-state index in [0.717, 1.165) is 29.0 Å². The smallest absolute Gasteiger partial charge is 0.258 e. The van der Waals surface area contributed by atoms with Crippen LogP contribution in [-0.4, -0.2) is 38.6 Å². The second-order valence-corrected chi connectivity index (χ2v) is 5.97. The van der Waals surface area contributed by atoms with Crippen molar-refractivity contribution in [2.24, 2.45) is 0 Å². The molecule has 2 rings (SSSR count). The van der Waals surface area contributed by atoms with Gasteiger partial charge in [0.05, 0.1) is 13.5 Å².